The predicted molar refractivity (Wildman–Crippen MR) is 140 cm³/mol. The molecule has 1 N–H and O–H groups in total. The molecule has 190 valence electrons. The van der Waals surface area contributed by atoms with Crippen LogP contribution in [0.15, 0.2) is 24.3 Å². The van der Waals surface area contributed by atoms with Crippen LogP contribution in [0.2, 0.25) is 0 Å². The van der Waals surface area contributed by atoms with Crippen LogP contribution in [0.25, 0.3) is 0 Å². The maximum atomic E-state index is 9.47. The second-order valence-electron chi connectivity index (χ2n) is 9.23. The Bertz CT molecular complexity index is 392. The number of aliphatic hydroxyl groups excluding tert-OH is 1. The van der Waals surface area contributed by atoms with E-state index < -0.39 is 6.10 Å². The first-order valence-electron chi connectivity index (χ1n) is 13.9. The summed E-state index contributed by atoms with van der Waals surface area (Å²) in [7, 11) is 1.59. The zero-order valence-corrected chi connectivity index (χ0v) is 21.7. The smallest absolute Gasteiger partial charge is 0.101 e. The summed E-state index contributed by atoms with van der Waals surface area (Å²) in [6, 6.07) is 0. The van der Waals surface area contributed by atoms with Crippen molar-refractivity contribution in [2.24, 2.45) is 0 Å². The highest BCUT2D eigenvalue weighted by molar-refractivity contribution is 4.82. The molecule has 0 aromatic heterocycles. The highest BCUT2D eigenvalue weighted by atomic mass is 16.5. The zero-order valence-electron chi connectivity index (χ0n) is 21.7. The lowest BCUT2D eigenvalue weighted by molar-refractivity contribution is -0.00681. The lowest BCUT2D eigenvalue weighted by atomic mass is 10.1. The molecule has 0 rings (SSSR count). The van der Waals surface area contributed by atoms with Gasteiger partial charge in [-0.15, -0.1) is 0 Å². The Balaban J connectivity index is 3.15. The average molecular weight is 453 g/mol. The van der Waals surface area contributed by atoms with Crippen molar-refractivity contribution in [3.63, 3.8) is 0 Å². The minimum Gasteiger partial charge on any atom is -0.388 e. The molecular formula is C29H56O3. The van der Waals surface area contributed by atoms with Crippen molar-refractivity contribution in [3.05, 3.63) is 24.3 Å². The minimum absolute atomic E-state index is 0.349. The van der Waals surface area contributed by atoms with Crippen molar-refractivity contribution in [1.29, 1.82) is 0 Å². The summed E-state index contributed by atoms with van der Waals surface area (Å²) in [5.41, 5.74) is 0. The second-order valence-corrected chi connectivity index (χ2v) is 9.23. The summed E-state index contributed by atoms with van der Waals surface area (Å²) in [5, 5.41) is 9.47. The van der Waals surface area contributed by atoms with Gasteiger partial charge in [0.15, 0.2) is 0 Å². The van der Waals surface area contributed by atoms with Crippen LogP contribution in [-0.4, -0.2) is 38.1 Å². The van der Waals surface area contributed by atoms with E-state index in [0.29, 0.717) is 13.2 Å². The molecule has 0 aromatic carbocycles. The molecule has 0 fully saturated rings. The van der Waals surface area contributed by atoms with E-state index in [1.54, 1.807) is 7.11 Å². The Hall–Kier alpha value is -0.640. The van der Waals surface area contributed by atoms with E-state index in [0.717, 1.165) is 13.0 Å². The van der Waals surface area contributed by atoms with E-state index in [1.165, 1.54) is 116 Å². The number of rotatable bonds is 26. The molecule has 0 bridgehead atoms. The fraction of sp³-hybridized carbons (Fsp3) is 0.862. The number of allylic oxidation sites excluding steroid dienone is 4. The first-order valence-corrected chi connectivity index (χ1v) is 13.9. The summed E-state index contributed by atoms with van der Waals surface area (Å²) in [6.45, 7) is 3.74. The van der Waals surface area contributed by atoms with E-state index in [-0.39, 0.29) is 0 Å². The van der Waals surface area contributed by atoms with Crippen molar-refractivity contribution in [3.8, 4) is 0 Å². The predicted octanol–water partition coefficient (Wildman–Crippen LogP) is 8.55. The third-order valence-electron chi connectivity index (χ3n) is 5.88. The molecule has 3 nitrogen and oxygen atoms in total. The van der Waals surface area contributed by atoms with Crippen LogP contribution in [-0.2, 0) is 9.47 Å². The van der Waals surface area contributed by atoms with Crippen LogP contribution in [0.3, 0.4) is 0 Å². The fourth-order valence-corrected chi connectivity index (χ4v) is 3.85. The fourth-order valence-electron chi connectivity index (χ4n) is 3.85. The first kappa shape index (κ1) is 31.4. The van der Waals surface area contributed by atoms with Gasteiger partial charge in [-0.3, -0.25) is 0 Å². The van der Waals surface area contributed by atoms with Gasteiger partial charge in [0.2, 0.25) is 0 Å². The van der Waals surface area contributed by atoms with Gasteiger partial charge in [0.05, 0.1) is 13.2 Å². The van der Waals surface area contributed by atoms with Gasteiger partial charge in [-0.1, -0.05) is 95.4 Å². The SMILES string of the molecule is CCCCCC/C=C\CCCCCCCCCC/C=C\CCCCCOC[C@@H](O)COC. The van der Waals surface area contributed by atoms with Crippen LogP contribution in [0.1, 0.15) is 129 Å². The molecule has 0 amide bonds. The lowest BCUT2D eigenvalue weighted by Crippen LogP contribution is -2.21. The van der Waals surface area contributed by atoms with Gasteiger partial charge >= 0.3 is 0 Å². The van der Waals surface area contributed by atoms with Crippen LogP contribution >= 0.6 is 0 Å². The molecule has 0 aliphatic rings. The van der Waals surface area contributed by atoms with Crippen LogP contribution in [0, 0.1) is 0 Å². The monoisotopic (exact) mass is 452 g/mol. The number of ether oxygens (including phenoxy) is 2. The third kappa shape index (κ3) is 27.4. The molecular weight excluding hydrogens is 396 g/mol. The average Bonchev–Trinajstić information content (AvgIpc) is 2.79. The van der Waals surface area contributed by atoms with Crippen LogP contribution < -0.4 is 0 Å². The maximum absolute atomic E-state index is 9.47. The van der Waals surface area contributed by atoms with E-state index in [2.05, 4.69) is 31.2 Å². The molecule has 0 aromatic rings. The van der Waals surface area contributed by atoms with Gasteiger partial charge in [-0.05, 0) is 57.8 Å². The van der Waals surface area contributed by atoms with Crippen molar-refractivity contribution < 1.29 is 14.6 Å². The van der Waals surface area contributed by atoms with E-state index in [9.17, 15) is 5.11 Å². The van der Waals surface area contributed by atoms with Crippen molar-refractivity contribution in [2.75, 3.05) is 26.9 Å². The molecule has 3 heteroatoms. The molecule has 0 spiro atoms. The molecule has 1 atom stereocenters. The van der Waals surface area contributed by atoms with Gasteiger partial charge in [0, 0.05) is 13.7 Å². The standard InChI is InChI=1S/C29H56O3/c1-3-4-5-6-7-8-9-10-11-12-13-14-15-16-17-18-19-20-21-22-23-24-25-26-32-28-29(30)27-31-2/h8-9,20-21,29-30H,3-7,10-19,22-28H2,1-2H3/b9-8-,21-20-/t29-/m0/s1. The minimum atomic E-state index is -0.495. The zero-order chi connectivity index (χ0) is 23.4. The number of hydrogen-bond donors (Lipinski definition) is 1. The number of hydrogen-bond acceptors (Lipinski definition) is 3. The van der Waals surface area contributed by atoms with Crippen molar-refractivity contribution in [2.45, 2.75) is 135 Å². The summed E-state index contributed by atoms with van der Waals surface area (Å²) in [6.07, 6.45) is 34.2. The number of aliphatic hydroxyl groups is 1. The van der Waals surface area contributed by atoms with Gasteiger partial charge in [-0.2, -0.15) is 0 Å². The molecule has 32 heavy (non-hydrogen) atoms. The van der Waals surface area contributed by atoms with Crippen LogP contribution in [0.5, 0.6) is 0 Å². The Labute approximate surface area is 201 Å². The summed E-state index contributed by atoms with van der Waals surface area (Å²) in [5.74, 6) is 0. The lowest BCUT2D eigenvalue weighted by Gasteiger charge is -2.09. The largest absolute Gasteiger partial charge is 0.388 e. The molecule has 0 aliphatic carbocycles. The third-order valence-corrected chi connectivity index (χ3v) is 5.88. The van der Waals surface area contributed by atoms with Gasteiger partial charge < -0.3 is 14.6 Å². The van der Waals surface area contributed by atoms with Gasteiger partial charge in [-0.25, -0.2) is 0 Å². The first-order chi connectivity index (χ1) is 15.8. The molecule has 0 heterocycles. The number of methoxy groups -OCH3 is 1. The highest BCUT2D eigenvalue weighted by Gasteiger charge is 2.02. The molecule has 0 aliphatic heterocycles. The Kier molecular flexibility index (Phi) is 27.8. The summed E-state index contributed by atoms with van der Waals surface area (Å²) < 4.78 is 10.3. The molecule has 0 saturated carbocycles. The van der Waals surface area contributed by atoms with Crippen molar-refractivity contribution in [1.82, 2.24) is 0 Å². The molecule has 0 radical (unpaired) electrons. The molecule has 0 saturated heterocycles. The second kappa shape index (κ2) is 28.4. The number of unbranched alkanes of at least 4 members (excludes halogenated alkanes) is 16. The van der Waals surface area contributed by atoms with E-state index >= 15 is 0 Å². The summed E-state index contributed by atoms with van der Waals surface area (Å²) in [4.78, 5) is 0. The van der Waals surface area contributed by atoms with Gasteiger partial charge in [0.25, 0.3) is 0 Å². The van der Waals surface area contributed by atoms with Gasteiger partial charge in [0.1, 0.15) is 6.10 Å². The quantitative estimate of drug-likeness (QED) is 0.105. The van der Waals surface area contributed by atoms with E-state index in [4.69, 9.17) is 9.47 Å². The highest BCUT2D eigenvalue weighted by Crippen LogP contribution is 2.12. The maximum Gasteiger partial charge on any atom is 0.101 e. The topological polar surface area (TPSA) is 38.7 Å². The Morgan fingerprint density at radius 3 is 1.41 bits per heavy atom. The normalized spacial score (nSPS) is 13.0. The molecule has 0 unspecified atom stereocenters. The summed E-state index contributed by atoms with van der Waals surface area (Å²) >= 11 is 0. The Morgan fingerprint density at radius 1 is 0.562 bits per heavy atom. The van der Waals surface area contributed by atoms with Crippen molar-refractivity contribution >= 4 is 0 Å². The Morgan fingerprint density at radius 2 is 0.969 bits per heavy atom. The van der Waals surface area contributed by atoms with E-state index in [1.807, 2.05) is 0 Å². The van der Waals surface area contributed by atoms with Crippen LogP contribution in [0.4, 0.5) is 0 Å².